The zero-order valence-corrected chi connectivity index (χ0v) is 16.2. The van der Waals surface area contributed by atoms with Crippen molar-refractivity contribution in [1.82, 2.24) is 4.90 Å². The maximum absolute atomic E-state index is 12.5. The van der Waals surface area contributed by atoms with Crippen molar-refractivity contribution in [3.8, 4) is 0 Å². The number of hydrogen-bond acceptors (Lipinski definition) is 2. The lowest BCUT2D eigenvalue weighted by Gasteiger charge is -2.25. The van der Waals surface area contributed by atoms with Crippen LogP contribution in [0.3, 0.4) is 0 Å². The van der Waals surface area contributed by atoms with Gasteiger partial charge in [0.2, 0.25) is 5.91 Å². The molecule has 0 aliphatic heterocycles. The minimum Gasteiger partial charge on any atom is -0.326 e. The Hall–Kier alpha value is -2.53. The second-order valence-corrected chi connectivity index (χ2v) is 6.93. The van der Waals surface area contributed by atoms with E-state index in [0.29, 0.717) is 16.4 Å². The molecular formula is C20H24ClN3O2. The number of nitrogens with zero attached hydrogens (tertiary/aromatic N) is 1. The summed E-state index contributed by atoms with van der Waals surface area (Å²) in [6, 6.07) is 14.2. The summed E-state index contributed by atoms with van der Waals surface area (Å²) in [6.45, 7) is 5.62. The fraction of sp³-hybridized carbons (Fsp3) is 0.300. The molecule has 5 nitrogen and oxygen atoms in total. The van der Waals surface area contributed by atoms with Crippen LogP contribution in [0.15, 0.2) is 48.5 Å². The van der Waals surface area contributed by atoms with Crippen molar-refractivity contribution in [3.63, 3.8) is 0 Å². The largest absolute Gasteiger partial charge is 0.326 e. The first-order valence-corrected chi connectivity index (χ1v) is 8.86. The van der Waals surface area contributed by atoms with E-state index >= 15 is 0 Å². The van der Waals surface area contributed by atoms with Crippen molar-refractivity contribution >= 4 is 34.9 Å². The SMILES string of the molecule is CC(C)C(=O)Nc1ccc(NC(=O)N(C)[C@@H](C)c2ccc(Cl)cc2)cc1. The van der Waals surface area contributed by atoms with Gasteiger partial charge >= 0.3 is 6.03 Å². The normalized spacial score (nSPS) is 11.8. The highest BCUT2D eigenvalue weighted by Crippen LogP contribution is 2.22. The van der Waals surface area contributed by atoms with Crippen molar-refractivity contribution in [2.75, 3.05) is 17.7 Å². The third-order valence-electron chi connectivity index (χ3n) is 4.18. The second-order valence-electron chi connectivity index (χ2n) is 6.49. The highest BCUT2D eigenvalue weighted by Gasteiger charge is 2.17. The Morgan fingerprint density at radius 2 is 1.38 bits per heavy atom. The molecule has 0 saturated carbocycles. The topological polar surface area (TPSA) is 61.4 Å². The molecule has 0 fully saturated rings. The summed E-state index contributed by atoms with van der Waals surface area (Å²) in [4.78, 5) is 25.8. The van der Waals surface area contributed by atoms with Gasteiger partial charge in [0.15, 0.2) is 0 Å². The fourth-order valence-electron chi connectivity index (χ4n) is 2.28. The summed E-state index contributed by atoms with van der Waals surface area (Å²) < 4.78 is 0. The van der Waals surface area contributed by atoms with Gasteiger partial charge < -0.3 is 15.5 Å². The molecule has 0 aromatic heterocycles. The van der Waals surface area contributed by atoms with Gasteiger partial charge in [0, 0.05) is 29.4 Å². The summed E-state index contributed by atoms with van der Waals surface area (Å²) in [7, 11) is 1.74. The van der Waals surface area contributed by atoms with E-state index in [-0.39, 0.29) is 23.9 Å². The number of carbonyl (C=O) groups is 2. The van der Waals surface area contributed by atoms with Gasteiger partial charge in [-0.25, -0.2) is 4.79 Å². The van der Waals surface area contributed by atoms with E-state index in [1.165, 1.54) is 0 Å². The lowest BCUT2D eigenvalue weighted by molar-refractivity contribution is -0.118. The predicted molar refractivity (Wildman–Crippen MR) is 107 cm³/mol. The molecule has 0 spiro atoms. The van der Waals surface area contributed by atoms with E-state index < -0.39 is 0 Å². The van der Waals surface area contributed by atoms with Gasteiger partial charge in [-0.2, -0.15) is 0 Å². The van der Waals surface area contributed by atoms with E-state index in [9.17, 15) is 9.59 Å². The Bertz CT molecular complexity index is 758. The van der Waals surface area contributed by atoms with Crippen LogP contribution >= 0.6 is 11.6 Å². The van der Waals surface area contributed by atoms with Crippen LogP contribution in [0, 0.1) is 5.92 Å². The van der Waals surface area contributed by atoms with Crippen molar-refractivity contribution in [1.29, 1.82) is 0 Å². The quantitative estimate of drug-likeness (QED) is 0.760. The van der Waals surface area contributed by atoms with Crippen molar-refractivity contribution in [3.05, 3.63) is 59.1 Å². The molecular weight excluding hydrogens is 350 g/mol. The van der Waals surface area contributed by atoms with E-state index in [2.05, 4.69) is 10.6 Å². The Morgan fingerprint density at radius 1 is 0.885 bits per heavy atom. The molecule has 26 heavy (non-hydrogen) atoms. The third-order valence-corrected chi connectivity index (χ3v) is 4.43. The van der Waals surface area contributed by atoms with Crippen LogP contribution in [-0.2, 0) is 4.79 Å². The minimum absolute atomic E-state index is 0.0432. The number of rotatable bonds is 5. The molecule has 0 aliphatic carbocycles. The van der Waals surface area contributed by atoms with Crippen molar-refractivity contribution < 1.29 is 9.59 Å². The van der Waals surface area contributed by atoms with Crippen molar-refractivity contribution in [2.24, 2.45) is 5.92 Å². The average Bonchev–Trinajstić information content (AvgIpc) is 2.62. The molecule has 2 rings (SSSR count). The van der Waals surface area contributed by atoms with Gasteiger partial charge in [0.25, 0.3) is 0 Å². The summed E-state index contributed by atoms with van der Waals surface area (Å²) in [5.74, 6) is -0.129. The van der Waals surface area contributed by atoms with Crippen LogP contribution in [-0.4, -0.2) is 23.9 Å². The van der Waals surface area contributed by atoms with Crippen LogP contribution < -0.4 is 10.6 Å². The predicted octanol–water partition coefficient (Wildman–Crippen LogP) is 5.16. The number of halogens is 1. The minimum atomic E-state index is -0.216. The molecule has 2 aromatic carbocycles. The molecule has 0 radical (unpaired) electrons. The summed E-state index contributed by atoms with van der Waals surface area (Å²) in [6.07, 6.45) is 0. The molecule has 0 heterocycles. The average molecular weight is 374 g/mol. The molecule has 0 unspecified atom stereocenters. The second kappa shape index (κ2) is 8.72. The van der Waals surface area contributed by atoms with E-state index in [1.54, 1.807) is 36.2 Å². The number of nitrogens with one attached hydrogen (secondary N) is 2. The van der Waals surface area contributed by atoms with Gasteiger partial charge in [-0.15, -0.1) is 0 Å². The van der Waals surface area contributed by atoms with E-state index in [1.807, 2.05) is 45.0 Å². The fourth-order valence-corrected chi connectivity index (χ4v) is 2.40. The Balaban J connectivity index is 1.97. The molecule has 1 atom stereocenters. The maximum Gasteiger partial charge on any atom is 0.322 e. The Kier molecular flexibility index (Phi) is 6.64. The van der Waals surface area contributed by atoms with Gasteiger partial charge in [-0.1, -0.05) is 37.6 Å². The molecule has 138 valence electrons. The highest BCUT2D eigenvalue weighted by molar-refractivity contribution is 6.30. The standard InChI is InChI=1S/C20H24ClN3O2/c1-13(2)19(25)22-17-9-11-18(12-10-17)23-20(26)24(4)14(3)15-5-7-16(21)8-6-15/h5-14H,1-4H3,(H,22,25)(H,23,26)/t14-/m0/s1. The Labute approximate surface area is 159 Å². The van der Waals surface area contributed by atoms with Crippen LogP contribution in [0.5, 0.6) is 0 Å². The first-order valence-electron chi connectivity index (χ1n) is 8.48. The zero-order valence-electron chi connectivity index (χ0n) is 15.4. The van der Waals surface area contributed by atoms with E-state index in [4.69, 9.17) is 11.6 Å². The molecule has 0 bridgehead atoms. The smallest absolute Gasteiger partial charge is 0.322 e. The van der Waals surface area contributed by atoms with Crippen LogP contribution in [0.4, 0.5) is 16.2 Å². The number of amides is 3. The van der Waals surface area contributed by atoms with Gasteiger partial charge in [0.05, 0.1) is 6.04 Å². The summed E-state index contributed by atoms with van der Waals surface area (Å²) >= 11 is 5.91. The summed E-state index contributed by atoms with van der Waals surface area (Å²) in [5.41, 5.74) is 2.36. The molecule has 3 amide bonds. The van der Waals surface area contributed by atoms with Gasteiger partial charge in [-0.3, -0.25) is 4.79 Å². The molecule has 6 heteroatoms. The van der Waals surface area contributed by atoms with Crippen molar-refractivity contribution in [2.45, 2.75) is 26.8 Å². The molecule has 0 aliphatic rings. The van der Waals surface area contributed by atoms with E-state index in [0.717, 1.165) is 5.56 Å². The monoisotopic (exact) mass is 373 g/mol. The zero-order chi connectivity index (χ0) is 19.3. The third kappa shape index (κ3) is 5.23. The maximum atomic E-state index is 12.5. The number of benzene rings is 2. The number of anilines is 2. The Morgan fingerprint density at radius 3 is 1.88 bits per heavy atom. The lowest BCUT2D eigenvalue weighted by atomic mass is 10.1. The van der Waals surface area contributed by atoms with Gasteiger partial charge in [0.1, 0.15) is 0 Å². The number of carbonyl (C=O) groups excluding carboxylic acids is 2. The van der Waals surface area contributed by atoms with Crippen LogP contribution in [0.2, 0.25) is 5.02 Å². The van der Waals surface area contributed by atoms with Gasteiger partial charge in [-0.05, 0) is 48.9 Å². The number of hydrogen-bond donors (Lipinski definition) is 2. The lowest BCUT2D eigenvalue weighted by Crippen LogP contribution is -2.33. The molecule has 0 saturated heterocycles. The summed E-state index contributed by atoms with van der Waals surface area (Å²) in [5, 5.41) is 6.34. The van der Waals surface area contributed by atoms with Crippen LogP contribution in [0.1, 0.15) is 32.4 Å². The first-order chi connectivity index (χ1) is 12.3. The first kappa shape index (κ1) is 19.8. The van der Waals surface area contributed by atoms with Crippen LogP contribution in [0.25, 0.3) is 0 Å². The number of urea groups is 1. The highest BCUT2D eigenvalue weighted by atomic mass is 35.5. The molecule has 2 N–H and O–H groups in total. The molecule has 2 aromatic rings.